The molecule has 0 unspecified atom stereocenters. The van der Waals surface area contributed by atoms with Gasteiger partial charge in [0.25, 0.3) is 0 Å². The third-order valence-corrected chi connectivity index (χ3v) is 3.82. The summed E-state index contributed by atoms with van der Waals surface area (Å²) in [5.41, 5.74) is 3.08. The van der Waals surface area contributed by atoms with E-state index in [0.717, 1.165) is 11.3 Å². The Morgan fingerprint density at radius 3 is 2.56 bits per heavy atom. The van der Waals surface area contributed by atoms with Crippen LogP contribution in [0.2, 0.25) is 0 Å². The number of carbonyl (C=O) groups excluding carboxylic acids is 1. The summed E-state index contributed by atoms with van der Waals surface area (Å²) in [6.07, 6.45) is 3.75. The van der Waals surface area contributed by atoms with Crippen LogP contribution in [0.4, 0.5) is 5.69 Å². The van der Waals surface area contributed by atoms with Crippen molar-refractivity contribution in [1.29, 1.82) is 0 Å². The monoisotopic (exact) mass is 335 g/mol. The van der Waals surface area contributed by atoms with E-state index in [9.17, 15) is 9.59 Å². The molecule has 1 amide bonds. The number of hydrogen-bond donors (Lipinski definition) is 2. The molecule has 1 aromatic heterocycles. The largest absolute Gasteiger partial charge is 0.478 e. The standard InChI is InChI=1S/C19H17N3O3/c1-13-3-6-15(12-17(13)19(24)25)21-18(23)11-14-4-7-16(8-5-14)22-10-2-9-20-22/h2-10,12H,11H2,1H3,(H,21,23)(H,24,25). The number of carbonyl (C=O) groups is 2. The number of aromatic carboxylic acids is 1. The van der Waals surface area contributed by atoms with Crippen molar-refractivity contribution < 1.29 is 14.7 Å². The SMILES string of the molecule is Cc1ccc(NC(=O)Cc2ccc(-n3cccn3)cc2)cc1C(=O)O. The van der Waals surface area contributed by atoms with Crippen LogP contribution in [0.25, 0.3) is 5.69 Å². The molecule has 3 rings (SSSR count). The van der Waals surface area contributed by atoms with Gasteiger partial charge in [-0.2, -0.15) is 5.10 Å². The Kier molecular flexibility index (Phi) is 4.61. The van der Waals surface area contributed by atoms with Gasteiger partial charge in [0.05, 0.1) is 17.7 Å². The summed E-state index contributed by atoms with van der Waals surface area (Å²) in [6.45, 7) is 1.72. The predicted molar refractivity (Wildman–Crippen MR) is 94.0 cm³/mol. The van der Waals surface area contributed by atoms with E-state index >= 15 is 0 Å². The predicted octanol–water partition coefficient (Wildman–Crippen LogP) is 3.06. The Balaban J connectivity index is 1.66. The van der Waals surface area contributed by atoms with Crippen LogP contribution in [0.5, 0.6) is 0 Å². The molecule has 25 heavy (non-hydrogen) atoms. The number of benzene rings is 2. The van der Waals surface area contributed by atoms with E-state index in [1.165, 1.54) is 6.07 Å². The summed E-state index contributed by atoms with van der Waals surface area (Å²) in [7, 11) is 0. The molecule has 0 aliphatic carbocycles. The zero-order valence-corrected chi connectivity index (χ0v) is 13.6. The number of amides is 1. The summed E-state index contributed by atoms with van der Waals surface area (Å²) < 4.78 is 1.74. The molecule has 0 saturated carbocycles. The fraction of sp³-hybridized carbons (Fsp3) is 0.105. The minimum Gasteiger partial charge on any atom is -0.478 e. The molecule has 0 radical (unpaired) electrons. The van der Waals surface area contributed by atoms with E-state index in [-0.39, 0.29) is 17.9 Å². The van der Waals surface area contributed by atoms with Crippen LogP contribution < -0.4 is 5.32 Å². The van der Waals surface area contributed by atoms with Crippen molar-refractivity contribution >= 4 is 17.6 Å². The van der Waals surface area contributed by atoms with Crippen molar-refractivity contribution in [2.75, 3.05) is 5.32 Å². The van der Waals surface area contributed by atoms with Crippen LogP contribution in [-0.4, -0.2) is 26.8 Å². The van der Waals surface area contributed by atoms with Gasteiger partial charge in [-0.15, -0.1) is 0 Å². The molecular weight excluding hydrogens is 318 g/mol. The number of carboxylic acids is 1. The lowest BCUT2D eigenvalue weighted by atomic mass is 10.1. The summed E-state index contributed by atoms with van der Waals surface area (Å²) in [6, 6.07) is 14.2. The van der Waals surface area contributed by atoms with Crippen molar-refractivity contribution in [2.45, 2.75) is 13.3 Å². The average Bonchev–Trinajstić information content (AvgIpc) is 3.11. The van der Waals surface area contributed by atoms with Gasteiger partial charge in [-0.05, 0) is 48.4 Å². The highest BCUT2D eigenvalue weighted by Crippen LogP contribution is 2.16. The highest BCUT2D eigenvalue weighted by Gasteiger charge is 2.10. The van der Waals surface area contributed by atoms with Gasteiger partial charge in [0, 0.05) is 18.1 Å². The maximum absolute atomic E-state index is 12.2. The maximum atomic E-state index is 12.2. The molecule has 1 heterocycles. The second kappa shape index (κ2) is 7.00. The molecule has 2 aromatic carbocycles. The van der Waals surface area contributed by atoms with E-state index in [2.05, 4.69) is 10.4 Å². The molecule has 0 spiro atoms. The third-order valence-electron chi connectivity index (χ3n) is 3.82. The highest BCUT2D eigenvalue weighted by molar-refractivity contribution is 5.95. The lowest BCUT2D eigenvalue weighted by molar-refractivity contribution is -0.115. The van der Waals surface area contributed by atoms with Crippen LogP contribution in [0.1, 0.15) is 21.5 Å². The number of aromatic nitrogens is 2. The van der Waals surface area contributed by atoms with Gasteiger partial charge in [-0.3, -0.25) is 4.79 Å². The Hall–Kier alpha value is -3.41. The fourth-order valence-corrected chi connectivity index (χ4v) is 2.51. The zero-order valence-electron chi connectivity index (χ0n) is 13.6. The normalized spacial score (nSPS) is 10.4. The molecule has 3 aromatic rings. The first-order valence-corrected chi connectivity index (χ1v) is 7.76. The molecule has 0 aliphatic rings. The first-order chi connectivity index (χ1) is 12.0. The summed E-state index contributed by atoms with van der Waals surface area (Å²) >= 11 is 0. The first kappa shape index (κ1) is 16.4. The molecule has 0 saturated heterocycles. The first-order valence-electron chi connectivity index (χ1n) is 7.76. The quantitative estimate of drug-likeness (QED) is 0.750. The zero-order chi connectivity index (χ0) is 17.8. The van der Waals surface area contributed by atoms with Crippen molar-refractivity contribution in [3.63, 3.8) is 0 Å². The number of nitrogens with zero attached hydrogens (tertiary/aromatic N) is 2. The lowest BCUT2D eigenvalue weighted by Gasteiger charge is -2.08. The van der Waals surface area contributed by atoms with Gasteiger partial charge in [-0.25, -0.2) is 9.48 Å². The fourth-order valence-electron chi connectivity index (χ4n) is 2.51. The molecule has 0 fully saturated rings. The number of anilines is 1. The minimum absolute atomic E-state index is 0.182. The van der Waals surface area contributed by atoms with Crippen molar-refractivity contribution in [1.82, 2.24) is 9.78 Å². The van der Waals surface area contributed by atoms with E-state index < -0.39 is 5.97 Å². The molecular formula is C19H17N3O3. The van der Waals surface area contributed by atoms with Crippen molar-refractivity contribution in [3.8, 4) is 5.69 Å². The lowest BCUT2D eigenvalue weighted by Crippen LogP contribution is -2.15. The number of nitrogens with one attached hydrogen (secondary N) is 1. The Morgan fingerprint density at radius 2 is 1.92 bits per heavy atom. The van der Waals surface area contributed by atoms with Gasteiger partial charge < -0.3 is 10.4 Å². The van der Waals surface area contributed by atoms with E-state index in [1.807, 2.05) is 36.5 Å². The van der Waals surface area contributed by atoms with E-state index in [0.29, 0.717) is 11.3 Å². The molecule has 0 aliphatic heterocycles. The third kappa shape index (κ3) is 3.92. The van der Waals surface area contributed by atoms with Crippen LogP contribution in [0, 0.1) is 6.92 Å². The Labute approximate surface area is 144 Å². The Morgan fingerprint density at radius 1 is 1.16 bits per heavy atom. The molecule has 6 heteroatoms. The van der Waals surface area contributed by atoms with Crippen molar-refractivity contribution in [2.24, 2.45) is 0 Å². The van der Waals surface area contributed by atoms with Crippen molar-refractivity contribution in [3.05, 3.63) is 77.6 Å². The van der Waals surface area contributed by atoms with Gasteiger partial charge in [0.2, 0.25) is 5.91 Å². The number of rotatable bonds is 5. The minimum atomic E-state index is -1.01. The van der Waals surface area contributed by atoms with Crippen LogP contribution in [-0.2, 0) is 11.2 Å². The highest BCUT2D eigenvalue weighted by atomic mass is 16.4. The second-order valence-electron chi connectivity index (χ2n) is 5.68. The molecule has 2 N–H and O–H groups in total. The second-order valence-corrected chi connectivity index (χ2v) is 5.68. The summed E-state index contributed by atoms with van der Waals surface area (Å²) in [5, 5.41) is 16.0. The number of carboxylic acid groups (broad SMARTS) is 1. The smallest absolute Gasteiger partial charge is 0.336 e. The van der Waals surface area contributed by atoms with Gasteiger partial charge in [0.1, 0.15) is 0 Å². The van der Waals surface area contributed by atoms with Crippen LogP contribution in [0.15, 0.2) is 60.9 Å². The van der Waals surface area contributed by atoms with Gasteiger partial charge >= 0.3 is 5.97 Å². The summed E-state index contributed by atoms with van der Waals surface area (Å²) in [5.74, 6) is -1.21. The van der Waals surface area contributed by atoms with Crippen LogP contribution in [0.3, 0.4) is 0 Å². The van der Waals surface area contributed by atoms with E-state index in [1.54, 1.807) is 29.9 Å². The summed E-state index contributed by atoms with van der Waals surface area (Å²) in [4.78, 5) is 23.3. The van der Waals surface area contributed by atoms with Gasteiger partial charge in [-0.1, -0.05) is 18.2 Å². The number of aryl methyl sites for hydroxylation is 1. The molecule has 0 bridgehead atoms. The topological polar surface area (TPSA) is 84.2 Å². The Bertz CT molecular complexity index is 900. The average molecular weight is 335 g/mol. The molecule has 6 nitrogen and oxygen atoms in total. The van der Waals surface area contributed by atoms with Crippen LogP contribution >= 0.6 is 0 Å². The van der Waals surface area contributed by atoms with Gasteiger partial charge in [0.15, 0.2) is 0 Å². The molecule has 0 atom stereocenters. The molecule has 126 valence electrons. The van der Waals surface area contributed by atoms with E-state index in [4.69, 9.17) is 5.11 Å². The number of hydrogen-bond acceptors (Lipinski definition) is 3. The maximum Gasteiger partial charge on any atom is 0.336 e.